The number of anilines is 1. The average Bonchev–Trinajstić information content (AvgIpc) is 2.88. The normalized spacial score (nSPS) is 10.7. The van der Waals surface area contributed by atoms with Crippen LogP contribution in [0.4, 0.5) is 5.69 Å². The van der Waals surface area contributed by atoms with Crippen LogP contribution in [0.25, 0.3) is 5.69 Å². The number of carbonyl (C=O) groups is 1. The highest BCUT2D eigenvalue weighted by atomic mass is 16.1. The molecule has 100 valence electrons. The maximum Gasteiger partial charge on any atom is 0.251 e. The molecule has 0 saturated heterocycles. The molecule has 3 N–H and O–H groups in total. The lowest BCUT2D eigenvalue weighted by Crippen LogP contribution is -2.18. The van der Waals surface area contributed by atoms with Crippen LogP contribution in [0.15, 0.2) is 30.5 Å². The average molecular weight is 258 g/mol. The molecule has 0 bridgehead atoms. The Morgan fingerprint density at radius 2 is 2.11 bits per heavy atom. The molecule has 1 aromatic carbocycles. The summed E-state index contributed by atoms with van der Waals surface area (Å²) in [7, 11) is 1.60. The second-order valence-electron chi connectivity index (χ2n) is 4.69. The zero-order valence-corrected chi connectivity index (χ0v) is 11.3. The first-order valence-corrected chi connectivity index (χ1v) is 6.20. The SMILES string of the molecule is CNC(=O)c1ccc(N)c(-n2ccc(C(C)C)n2)c1. The molecule has 2 rings (SSSR count). The minimum absolute atomic E-state index is 0.141. The Bertz CT molecular complexity index is 601. The number of nitrogens with zero attached hydrogens (tertiary/aromatic N) is 2. The molecular weight excluding hydrogens is 240 g/mol. The molecule has 0 aliphatic carbocycles. The van der Waals surface area contributed by atoms with E-state index in [0.717, 1.165) is 5.69 Å². The van der Waals surface area contributed by atoms with Crippen LogP contribution in [0.3, 0.4) is 0 Å². The highest BCUT2D eigenvalue weighted by Crippen LogP contribution is 2.20. The van der Waals surface area contributed by atoms with E-state index in [4.69, 9.17) is 5.73 Å². The van der Waals surface area contributed by atoms with Gasteiger partial charge in [0.2, 0.25) is 0 Å². The Hall–Kier alpha value is -2.30. The Kier molecular flexibility index (Phi) is 3.55. The van der Waals surface area contributed by atoms with E-state index < -0.39 is 0 Å². The van der Waals surface area contributed by atoms with E-state index >= 15 is 0 Å². The second kappa shape index (κ2) is 5.14. The van der Waals surface area contributed by atoms with Gasteiger partial charge in [-0.2, -0.15) is 5.10 Å². The fourth-order valence-electron chi connectivity index (χ4n) is 1.81. The third-order valence-electron chi connectivity index (χ3n) is 2.97. The van der Waals surface area contributed by atoms with Gasteiger partial charge < -0.3 is 11.1 Å². The third kappa shape index (κ3) is 2.59. The van der Waals surface area contributed by atoms with Crippen molar-refractivity contribution in [3.63, 3.8) is 0 Å². The summed E-state index contributed by atoms with van der Waals surface area (Å²) in [6.07, 6.45) is 1.86. The molecule has 5 heteroatoms. The number of rotatable bonds is 3. The number of carbonyl (C=O) groups excluding carboxylic acids is 1. The van der Waals surface area contributed by atoms with Crippen LogP contribution in [0.2, 0.25) is 0 Å². The van der Waals surface area contributed by atoms with Crippen LogP contribution in [-0.2, 0) is 0 Å². The maximum absolute atomic E-state index is 11.6. The van der Waals surface area contributed by atoms with Crippen molar-refractivity contribution in [3.8, 4) is 5.69 Å². The highest BCUT2D eigenvalue weighted by molar-refractivity contribution is 5.95. The van der Waals surface area contributed by atoms with Gasteiger partial charge in [0, 0.05) is 18.8 Å². The van der Waals surface area contributed by atoms with E-state index in [1.165, 1.54) is 0 Å². The van der Waals surface area contributed by atoms with Gasteiger partial charge in [-0.3, -0.25) is 4.79 Å². The molecule has 19 heavy (non-hydrogen) atoms. The van der Waals surface area contributed by atoms with Crippen molar-refractivity contribution >= 4 is 11.6 Å². The molecule has 0 atom stereocenters. The summed E-state index contributed by atoms with van der Waals surface area (Å²) in [6, 6.07) is 7.11. The van der Waals surface area contributed by atoms with Crippen LogP contribution in [-0.4, -0.2) is 22.7 Å². The first-order chi connectivity index (χ1) is 9.02. The van der Waals surface area contributed by atoms with E-state index in [1.807, 2.05) is 12.3 Å². The van der Waals surface area contributed by atoms with Gasteiger partial charge in [0.25, 0.3) is 5.91 Å². The molecule has 0 saturated carbocycles. The van der Waals surface area contributed by atoms with Crippen molar-refractivity contribution in [1.82, 2.24) is 15.1 Å². The fourth-order valence-corrected chi connectivity index (χ4v) is 1.81. The Morgan fingerprint density at radius 3 is 2.68 bits per heavy atom. The largest absolute Gasteiger partial charge is 0.397 e. The molecule has 5 nitrogen and oxygen atoms in total. The minimum Gasteiger partial charge on any atom is -0.397 e. The Balaban J connectivity index is 2.45. The van der Waals surface area contributed by atoms with Gasteiger partial charge in [0.05, 0.1) is 17.1 Å². The number of nitrogen functional groups attached to an aromatic ring is 1. The van der Waals surface area contributed by atoms with E-state index in [1.54, 1.807) is 29.9 Å². The van der Waals surface area contributed by atoms with Crippen molar-refractivity contribution in [1.29, 1.82) is 0 Å². The number of benzene rings is 1. The lowest BCUT2D eigenvalue weighted by molar-refractivity contribution is 0.0963. The van der Waals surface area contributed by atoms with Gasteiger partial charge in [0.1, 0.15) is 0 Å². The zero-order valence-electron chi connectivity index (χ0n) is 11.3. The Morgan fingerprint density at radius 1 is 1.37 bits per heavy atom. The van der Waals surface area contributed by atoms with Gasteiger partial charge in [-0.15, -0.1) is 0 Å². The monoisotopic (exact) mass is 258 g/mol. The van der Waals surface area contributed by atoms with Gasteiger partial charge in [-0.25, -0.2) is 4.68 Å². The molecule has 0 aliphatic rings. The molecule has 0 fully saturated rings. The summed E-state index contributed by atoms with van der Waals surface area (Å²) >= 11 is 0. The number of nitrogens with one attached hydrogen (secondary N) is 1. The van der Waals surface area contributed by atoms with Crippen molar-refractivity contribution in [2.24, 2.45) is 0 Å². The lowest BCUT2D eigenvalue weighted by Gasteiger charge is -2.08. The second-order valence-corrected chi connectivity index (χ2v) is 4.69. The van der Waals surface area contributed by atoms with Crippen molar-refractivity contribution in [2.75, 3.05) is 12.8 Å². The molecule has 0 spiro atoms. The quantitative estimate of drug-likeness (QED) is 0.826. The molecule has 0 unspecified atom stereocenters. The molecule has 1 heterocycles. The van der Waals surface area contributed by atoms with Gasteiger partial charge in [-0.1, -0.05) is 13.8 Å². The molecule has 2 aromatic rings. The standard InChI is InChI=1S/C14H18N4O/c1-9(2)12-6-7-18(17-12)13-8-10(14(19)16-3)4-5-11(13)15/h4-9H,15H2,1-3H3,(H,16,19). The first kappa shape index (κ1) is 13.1. The van der Waals surface area contributed by atoms with Gasteiger partial charge in [0.15, 0.2) is 0 Å². The van der Waals surface area contributed by atoms with E-state index in [0.29, 0.717) is 22.9 Å². The minimum atomic E-state index is -0.141. The van der Waals surface area contributed by atoms with E-state index in [9.17, 15) is 4.79 Å². The van der Waals surface area contributed by atoms with Crippen molar-refractivity contribution in [2.45, 2.75) is 19.8 Å². The number of nitrogens with two attached hydrogens (primary N) is 1. The first-order valence-electron chi connectivity index (χ1n) is 6.20. The summed E-state index contributed by atoms with van der Waals surface area (Å²) in [5.41, 5.74) is 8.81. The van der Waals surface area contributed by atoms with Crippen LogP contribution in [0.5, 0.6) is 0 Å². The van der Waals surface area contributed by atoms with Crippen LogP contribution in [0, 0.1) is 0 Å². The number of amides is 1. The van der Waals surface area contributed by atoms with Gasteiger partial charge in [-0.05, 0) is 30.2 Å². The molecular formula is C14H18N4O. The van der Waals surface area contributed by atoms with Crippen molar-refractivity contribution in [3.05, 3.63) is 41.7 Å². The number of hydrogen-bond acceptors (Lipinski definition) is 3. The molecule has 0 radical (unpaired) electrons. The Labute approximate surface area is 112 Å². The van der Waals surface area contributed by atoms with E-state index in [-0.39, 0.29) is 5.91 Å². The maximum atomic E-state index is 11.6. The molecule has 1 amide bonds. The number of aromatic nitrogens is 2. The van der Waals surface area contributed by atoms with Crippen LogP contribution >= 0.6 is 0 Å². The van der Waals surface area contributed by atoms with Crippen LogP contribution < -0.4 is 11.1 Å². The molecule has 1 aromatic heterocycles. The van der Waals surface area contributed by atoms with Gasteiger partial charge >= 0.3 is 0 Å². The lowest BCUT2D eigenvalue weighted by atomic mass is 10.1. The molecule has 0 aliphatic heterocycles. The zero-order chi connectivity index (χ0) is 14.0. The van der Waals surface area contributed by atoms with Crippen LogP contribution in [0.1, 0.15) is 35.8 Å². The topological polar surface area (TPSA) is 72.9 Å². The highest BCUT2D eigenvalue weighted by Gasteiger charge is 2.10. The summed E-state index contributed by atoms with van der Waals surface area (Å²) in [4.78, 5) is 11.6. The predicted molar refractivity (Wildman–Crippen MR) is 75.5 cm³/mol. The van der Waals surface area contributed by atoms with Crippen molar-refractivity contribution < 1.29 is 4.79 Å². The summed E-state index contributed by atoms with van der Waals surface area (Å²) in [6.45, 7) is 4.16. The summed E-state index contributed by atoms with van der Waals surface area (Å²) < 4.78 is 1.71. The fraction of sp³-hybridized carbons (Fsp3) is 0.286. The summed E-state index contributed by atoms with van der Waals surface area (Å²) in [5.74, 6) is 0.210. The summed E-state index contributed by atoms with van der Waals surface area (Å²) in [5, 5.41) is 7.07. The van der Waals surface area contributed by atoms with E-state index in [2.05, 4.69) is 24.3 Å². The third-order valence-corrected chi connectivity index (χ3v) is 2.97. The smallest absolute Gasteiger partial charge is 0.251 e. The predicted octanol–water partition coefficient (Wildman–Crippen LogP) is 1.94. The number of hydrogen-bond donors (Lipinski definition) is 2.